The van der Waals surface area contributed by atoms with Crippen molar-refractivity contribution in [3.63, 3.8) is 0 Å². The molecule has 1 aromatic rings. The van der Waals surface area contributed by atoms with Gasteiger partial charge in [0.2, 0.25) is 0 Å². The van der Waals surface area contributed by atoms with Gasteiger partial charge in [-0.15, -0.1) is 0 Å². The van der Waals surface area contributed by atoms with Gasteiger partial charge in [0.15, 0.2) is 6.61 Å². The molecule has 5 nitrogen and oxygen atoms in total. The molecule has 0 aliphatic carbocycles. The second-order valence-corrected chi connectivity index (χ2v) is 4.05. The predicted molar refractivity (Wildman–Crippen MR) is 62.8 cm³/mol. The average molecular weight is 257 g/mol. The van der Waals surface area contributed by atoms with Crippen LogP contribution in [0.25, 0.3) is 0 Å². The van der Waals surface area contributed by atoms with E-state index in [-0.39, 0.29) is 29.3 Å². The number of aromatic nitrogens is 1. The van der Waals surface area contributed by atoms with Gasteiger partial charge in [0, 0.05) is 12.2 Å². The van der Waals surface area contributed by atoms with Crippen molar-refractivity contribution < 1.29 is 14.3 Å². The van der Waals surface area contributed by atoms with Gasteiger partial charge < -0.3 is 10.1 Å². The molecule has 92 valence electrons. The Hall–Kier alpha value is -1.62. The Labute approximate surface area is 104 Å². The SMILES string of the molecule is CC(C)NC(=O)COC(=O)c1ccnc(Cl)c1. The van der Waals surface area contributed by atoms with Gasteiger partial charge in [0.05, 0.1) is 5.56 Å². The maximum absolute atomic E-state index is 11.5. The molecule has 0 radical (unpaired) electrons. The lowest BCUT2D eigenvalue weighted by Crippen LogP contribution is -2.33. The molecular weight excluding hydrogens is 244 g/mol. The van der Waals surface area contributed by atoms with Crippen molar-refractivity contribution in [2.24, 2.45) is 0 Å². The van der Waals surface area contributed by atoms with Crippen LogP contribution in [0.1, 0.15) is 24.2 Å². The van der Waals surface area contributed by atoms with E-state index in [1.54, 1.807) is 0 Å². The largest absolute Gasteiger partial charge is 0.452 e. The number of rotatable bonds is 4. The fraction of sp³-hybridized carbons (Fsp3) is 0.364. The first-order valence-corrected chi connectivity index (χ1v) is 5.45. The molecule has 1 N–H and O–H groups in total. The zero-order valence-electron chi connectivity index (χ0n) is 9.57. The second-order valence-electron chi connectivity index (χ2n) is 3.67. The van der Waals surface area contributed by atoms with Crippen LogP contribution in [0.4, 0.5) is 0 Å². The highest BCUT2D eigenvalue weighted by atomic mass is 35.5. The van der Waals surface area contributed by atoms with Crippen molar-refractivity contribution in [1.82, 2.24) is 10.3 Å². The normalized spacial score (nSPS) is 10.1. The van der Waals surface area contributed by atoms with Gasteiger partial charge in [-0.25, -0.2) is 9.78 Å². The number of nitrogens with one attached hydrogen (secondary N) is 1. The van der Waals surface area contributed by atoms with Crippen LogP contribution in [0.2, 0.25) is 5.15 Å². The summed E-state index contributed by atoms with van der Waals surface area (Å²) in [6.07, 6.45) is 1.40. The molecule has 0 fully saturated rings. The van der Waals surface area contributed by atoms with Gasteiger partial charge in [-0.1, -0.05) is 11.6 Å². The quantitative estimate of drug-likeness (QED) is 0.653. The van der Waals surface area contributed by atoms with E-state index in [9.17, 15) is 9.59 Å². The Balaban J connectivity index is 2.48. The highest BCUT2D eigenvalue weighted by Crippen LogP contribution is 2.08. The van der Waals surface area contributed by atoms with E-state index in [0.717, 1.165) is 0 Å². The zero-order chi connectivity index (χ0) is 12.8. The minimum absolute atomic E-state index is 0.0107. The lowest BCUT2D eigenvalue weighted by molar-refractivity contribution is -0.124. The molecule has 0 saturated carbocycles. The molecule has 0 bridgehead atoms. The van der Waals surface area contributed by atoms with Gasteiger partial charge in [0.1, 0.15) is 5.15 Å². The van der Waals surface area contributed by atoms with Crippen molar-refractivity contribution >= 4 is 23.5 Å². The van der Waals surface area contributed by atoms with Crippen molar-refractivity contribution in [3.8, 4) is 0 Å². The Kier molecular flexibility index (Phi) is 4.90. The number of hydrogen-bond acceptors (Lipinski definition) is 4. The number of carbonyl (C=O) groups excluding carboxylic acids is 2. The number of esters is 1. The standard InChI is InChI=1S/C11H13ClN2O3/c1-7(2)14-10(15)6-17-11(16)8-3-4-13-9(12)5-8/h3-5,7H,6H2,1-2H3,(H,14,15). The molecule has 6 heteroatoms. The van der Waals surface area contributed by atoms with Gasteiger partial charge in [-0.2, -0.15) is 0 Å². The number of halogens is 1. The minimum atomic E-state index is -0.604. The summed E-state index contributed by atoms with van der Waals surface area (Å²) in [6.45, 7) is 3.33. The minimum Gasteiger partial charge on any atom is -0.452 e. The first-order chi connectivity index (χ1) is 7.99. The van der Waals surface area contributed by atoms with E-state index in [0.29, 0.717) is 0 Å². The van der Waals surface area contributed by atoms with Crippen molar-refractivity contribution in [1.29, 1.82) is 0 Å². The molecule has 0 aromatic carbocycles. The molecule has 0 unspecified atom stereocenters. The molecule has 0 aliphatic rings. The number of hydrogen-bond donors (Lipinski definition) is 1. The van der Waals surface area contributed by atoms with E-state index in [4.69, 9.17) is 16.3 Å². The molecule has 0 saturated heterocycles. The molecule has 1 amide bonds. The summed E-state index contributed by atoms with van der Waals surface area (Å²) in [7, 11) is 0. The van der Waals surface area contributed by atoms with Crippen LogP contribution in [-0.4, -0.2) is 29.5 Å². The van der Waals surface area contributed by atoms with Crippen molar-refractivity contribution in [2.45, 2.75) is 19.9 Å². The van der Waals surface area contributed by atoms with Gasteiger partial charge in [-0.05, 0) is 26.0 Å². The van der Waals surface area contributed by atoms with Crippen LogP contribution in [0, 0.1) is 0 Å². The fourth-order valence-electron chi connectivity index (χ4n) is 1.11. The Morgan fingerprint density at radius 2 is 2.24 bits per heavy atom. The fourth-order valence-corrected chi connectivity index (χ4v) is 1.28. The lowest BCUT2D eigenvalue weighted by Gasteiger charge is -2.08. The lowest BCUT2D eigenvalue weighted by atomic mass is 10.3. The molecule has 0 atom stereocenters. The average Bonchev–Trinajstić information content (AvgIpc) is 2.25. The molecule has 0 spiro atoms. The number of pyridine rings is 1. The highest BCUT2D eigenvalue weighted by Gasteiger charge is 2.11. The third-order valence-corrected chi connectivity index (χ3v) is 1.95. The van der Waals surface area contributed by atoms with Crippen LogP contribution in [0.5, 0.6) is 0 Å². The summed E-state index contributed by atoms with van der Waals surface area (Å²) < 4.78 is 4.81. The van der Waals surface area contributed by atoms with Crippen LogP contribution < -0.4 is 5.32 Å². The summed E-state index contributed by atoms with van der Waals surface area (Å²) in [4.78, 5) is 26.5. The van der Waals surface area contributed by atoms with Crippen LogP contribution in [0.15, 0.2) is 18.3 Å². The van der Waals surface area contributed by atoms with Gasteiger partial charge in [-0.3, -0.25) is 4.79 Å². The summed E-state index contributed by atoms with van der Waals surface area (Å²) >= 11 is 5.62. The zero-order valence-corrected chi connectivity index (χ0v) is 10.3. The van der Waals surface area contributed by atoms with Crippen LogP contribution >= 0.6 is 11.6 Å². The molecule has 0 aliphatic heterocycles. The third kappa shape index (κ3) is 4.82. The molecule has 1 rings (SSSR count). The maximum Gasteiger partial charge on any atom is 0.338 e. The van der Waals surface area contributed by atoms with Crippen LogP contribution in [0.3, 0.4) is 0 Å². The van der Waals surface area contributed by atoms with E-state index >= 15 is 0 Å². The summed E-state index contributed by atoms with van der Waals surface area (Å²) in [6, 6.07) is 2.86. The Bertz CT molecular complexity index is 421. The van der Waals surface area contributed by atoms with E-state index in [2.05, 4.69) is 10.3 Å². The first-order valence-electron chi connectivity index (χ1n) is 5.07. The molecule has 1 aromatic heterocycles. The summed E-state index contributed by atoms with van der Waals surface area (Å²) in [5.74, 6) is -0.943. The van der Waals surface area contributed by atoms with Crippen molar-refractivity contribution in [3.05, 3.63) is 29.0 Å². The van der Waals surface area contributed by atoms with E-state index < -0.39 is 5.97 Å². The summed E-state index contributed by atoms with van der Waals surface area (Å²) in [5.41, 5.74) is 0.266. The molecular formula is C11H13ClN2O3. The number of nitrogens with zero attached hydrogens (tertiary/aromatic N) is 1. The van der Waals surface area contributed by atoms with Gasteiger partial charge >= 0.3 is 5.97 Å². The molecule has 1 heterocycles. The third-order valence-electron chi connectivity index (χ3n) is 1.75. The number of amides is 1. The monoisotopic (exact) mass is 256 g/mol. The maximum atomic E-state index is 11.5. The van der Waals surface area contributed by atoms with Crippen LogP contribution in [-0.2, 0) is 9.53 Å². The van der Waals surface area contributed by atoms with E-state index in [1.807, 2.05) is 13.8 Å². The second kappa shape index (κ2) is 6.20. The topological polar surface area (TPSA) is 68.3 Å². The highest BCUT2D eigenvalue weighted by molar-refractivity contribution is 6.29. The Morgan fingerprint density at radius 3 is 2.82 bits per heavy atom. The Morgan fingerprint density at radius 1 is 1.53 bits per heavy atom. The smallest absolute Gasteiger partial charge is 0.338 e. The summed E-state index contributed by atoms with van der Waals surface area (Å²) in [5, 5.41) is 2.81. The predicted octanol–water partition coefficient (Wildman–Crippen LogP) is 1.42. The van der Waals surface area contributed by atoms with E-state index in [1.165, 1.54) is 18.3 Å². The molecule has 17 heavy (non-hydrogen) atoms. The van der Waals surface area contributed by atoms with Gasteiger partial charge in [0.25, 0.3) is 5.91 Å². The number of ether oxygens (including phenoxy) is 1. The number of carbonyl (C=O) groups is 2. The first kappa shape index (κ1) is 13.4. The van der Waals surface area contributed by atoms with Crippen molar-refractivity contribution in [2.75, 3.05) is 6.61 Å².